The molecule has 1 heterocycles. The van der Waals surface area contributed by atoms with E-state index in [9.17, 15) is 0 Å². The van der Waals surface area contributed by atoms with Crippen molar-refractivity contribution < 1.29 is 0 Å². The van der Waals surface area contributed by atoms with Gasteiger partial charge in [0.1, 0.15) is 5.82 Å². The maximum atomic E-state index is 5.65. The van der Waals surface area contributed by atoms with Gasteiger partial charge in [-0.15, -0.1) is 0 Å². The number of hydrogen-bond donors (Lipinski definition) is 1. The van der Waals surface area contributed by atoms with Crippen LogP contribution in [0.2, 0.25) is 0 Å². The van der Waals surface area contributed by atoms with Crippen molar-refractivity contribution in [2.75, 3.05) is 5.73 Å². The Balaban J connectivity index is 3.17. The zero-order chi connectivity index (χ0) is 8.43. The minimum atomic E-state index is 0.528. The van der Waals surface area contributed by atoms with Crippen LogP contribution in [0.3, 0.4) is 0 Å². The number of nitrogens with zero attached hydrogens (tertiary/aromatic N) is 1. The van der Waals surface area contributed by atoms with Crippen molar-refractivity contribution in [1.82, 2.24) is 4.98 Å². The maximum Gasteiger partial charge on any atom is 0.126 e. The van der Waals surface area contributed by atoms with Gasteiger partial charge in [0.15, 0.2) is 0 Å². The van der Waals surface area contributed by atoms with E-state index in [0.717, 1.165) is 5.56 Å². The highest BCUT2D eigenvalue weighted by molar-refractivity contribution is 5.44. The molecule has 60 valence electrons. The van der Waals surface area contributed by atoms with Crippen molar-refractivity contribution in [3.05, 3.63) is 23.4 Å². The second-order valence-corrected chi connectivity index (χ2v) is 3.07. The van der Waals surface area contributed by atoms with Crippen LogP contribution in [0, 0.1) is 6.92 Å². The predicted octanol–water partition coefficient (Wildman–Crippen LogP) is 2.10. The van der Waals surface area contributed by atoms with E-state index >= 15 is 0 Å². The van der Waals surface area contributed by atoms with Crippen molar-refractivity contribution in [2.45, 2.75) is 26.7 Å². The second-order valence-electron chi connectivity index (χ2n) is 3.07. The number of pyridine rings is 1. The van der Waals surface area contributed by atoms with E-state index in [4.69, 9.17) is 5.73 Å². The van der Waals surface area contributed by atoms with E-state index in [1.807, 2.05) is 13.0 Å². The van der Waals surface area contributed by atoms with Crippen LogP contribution < -0.4 is 5.73 Å². The minimum Gasteiger partial charge on any atom is -0.383 e. The molecular formula is C9H14N2. The lowest BCUT2D eigenvalue weighted by molar-refractivity contribution is 0.853. The topological polar surface area (TPSA) is 38.9 Å². The monoisotopic (exact) mass is 150 g/mol. The molecule has 1 aromatic heterocycles. The Morgan fingerprint density at radius 2 is 2.09 bits per heavy atom. The zero-order valence-corrected chi connectivity index (χ0v) is 7.26. The normalized spacial score (nSPS) is 10.5. The van der Waals surface area contributed by atoms with Crippen LogP contribution in [0.15, 0.2) is 12.3 Å². The standard InChI is InChI=1S/C9H14N2/c1-6(2)8-4-5-11-9(10)7(8)3/h4-6H,1-3H3,(H2,10,11). The highest BCUT2D eigenvalue weighted by atomic mass is 14.8. The average molecular weight is 150 g/mol. The Hall–Kier alpha value is -1.05. The van der Waals surface area contributed by atoms with Gasteiger partial charge in [0.05, 0.1) is 0 Å². The molecule has 0 unspecified atom stereocenters. The molecule has 0 radical (unpaired) electrons. The first-order chi connectivity index (χ1) is 5.13. The molecule has 1 aromatic rings. The third-order valence-corrected chi connectivity index (χ3v) is 1.91. The molecule has 1 rings (SSSR count). The van der Waals surface area contributed by atoms with Gasteiger partial charge in [-0.3, -0.25) is 0 Å². The van der Waals surface area contributed by atoms with Crippen LogP contribution in [0.1, 0.15) is 30.9 Å². The maximum absolute atomic E-state index is 5.65. The molecule has 0 amide bonds. The van der Waals surface area contributed by atoms with Crippen LogP contribution in [-0.4, -0.2) is 4.98 Å². The molecule has 0 aliphatic heterocycles. The Bertz CT molecular complexity index is 254. The van der Waals surface area contributed by atoms with Gasteiger partial charge in [0.2, 0.25) is 0 Å². The highest BCUT2D eigenvalue weighted by Gasteiger charge is 2.04. The van der Waals surface area contributed by atoms with E-state index in [1.54, 1.807) is 6.20 Å². The molecule has 0 aliphatic rings. The first-order valence-electron chi connectivity index (χ1n) is 3.84. The summed E-state index contributed by atoms with van der Waals surface area (Å²) in [5.74, 6) is 1.18. The van der Waals surface area contributed by atoms with Crippen LogP contribution >= 0.6 is 0 Å². The Labute approximate surface area is 67.5 Å². The van der Waals surface area contributed by atoms with E-state index in [-0.39, 0.29) is 0 Å². The summed E-state index contributed by atoms with van der Waals surface area (Å²) in [6.45, 7) is 6.32. The van der Waals surface area contributed by atoms with Crippen molar-refractivity contribution in [3.8, 4) is 0 Å². The first-order valence-corrected chi connectivity index (χ1v) is 3.84. The lowest BCUT2D eigenvalue weighted by atomic mass is 10.00. The van der Waals surface area contributed by atoms with Gasteiger partial charge in [0, 0.05) is 6.20 Å². The smallest absolute Gasteiger partial charge is 0.126 e. The molecule has 2 heteroatoms. The molecule has 0 aliphatic carbocycles. The van der Waals surface area contributed by atoms with E-state index in [2.05, 4.69) is 18.8 Å². The van der Waals surface area contributed by atoms with Gasteiger partial charge >= 0.3 is 0 Å². The first kappa shape index (κ1) is 8.05. The second kappa shape index (κ2) is 2.91. The number of rotatable bonds is 1. The number of anilines is 1. The lowest BCUT2D eigenvalue weighted by Crippen LogP contribution is -1.99. The van der Waals surface area contributed by atoms with Gasteiger partial charge in [-0.2, -0.15) is 0 Å². The number of aromatic nitrogens is 1. The molecule has 0 saturated heterocycles. The molecule has 0 bridgehead atoms. The van der Waals surface area contributed by atoms with Crippen molar-refractivity contribution >= 4 is 5.82 Å². The highest BCUT2D eigenvalue weighted by Crippen LogP contribution is 2.20. The summed E-state index contributed by atoms with van der Waals surface area (Å²) < 4.78 is 0. The zero-order valence-electron chi connectivity index (χ0n) is 7.26. The largest absolute Gasteiger partial charge is 0.383 e. The van der Waals surface area contributed by atoms with Gasteiger partial charge < -0.3 is 5.73 Å². The molecule has 0 saturated carbocycles. The molecule has 0 atom stereocenters. The summed E-state index contributed by atoms with van der Waals surface area (Å²) in [7, 11) is 0. The summed E-state index contributed by atoms with van der Waals surface area (Å²) >= 11 is 0. The van der Waals surface area contributed by atoms with Crippen LogP contribution in [0.25, 0.3) is 0 Å². The molecule has 0 spiro atoms. The van der Waals surface area contributed by atoms with Gasteiger partial charge in [-0.25, -0.2) is 4.98 Å². The Morgan fingerprint density at radius 3 is 2.55 bits per heavy atom. The summed E-state index contributed by atoms with van der Waals surface area (Å²) in [5, 5.41) is 0. The quantitative estimate of drug-likeness (QED) is 0.665. The average Bonchev–Trinajstić information content (AvgIpc) is 1.94. The fourth-order valence-electron chi connectivity index (χ4n) is 1.19. The Morgan fingerprint density at radius 1 is 1.45 bits per heavy atom. The lowest BCUT2D eigenvalue weighted by Gasteiger charge is -2.09. The summed E-state index contributed by atoms with van der Waals surface area (Å²) in [4.78, 5) is 4.00. The fraction of sp³-hybridized carbons (Fsp3) is 0.444. The number of hydrogen-bond acceptors (Lipinski definition) is 2. The van der Waals surface area contributed by atoms with Crippen molar-refractivity contribution in [2.24, 2.45) is 0 Å². The minimum absolute atomic E-state index is 0.528. The summed E-state index contributed by atoms with van der Waals surface area (Å²) in [6.07, 6.45) is 1.76. The van der Waals surface area contributed by atoms with Crippen LogP contribution in [0.4, 0.5) is 5.82 Å². The van der Waals surface area contributed by atoms with Crippen molar-refractivity contribution in [1.29, 1.82) is 0 Å². The third kappa shape index (κ3) is 1.50. The predicted molar refractivity (Wildman–Crippen MR) is 47.5 cm³/mol. The van der Waals surface area contributed by atoms with Crippen LogP contribution in [0.5, 0.6) is 0 Å². The molecule has 2 N–H and O–H groups in total. The molecule has 11 heavy (non-hydrogen) atoms. The number of nitrogen functional groups attached to an aromatic ring is 1. The number of nitrogens with two attached hydrogens (primary N) is 1. The molecular weight excluding hydrogens is 136 g/mol. The van der Waals surface area contributed by atoms with E-state index in [1.165, 1.54) is 5.56 Å². The van der Waals surface area contributed by atoms with Crippen molar-refractivity contribution in [3.63, 3.8) is 0 Å². The molecule has 0 aromatic carbocycles. The van der Waals surface area contributed by atoms with Gasteiger partial charge in [0.25, 0.3) is 0 Å². The molecule has 0 fully saturated rings. The third-order valence-electron chi connectivity index (χ3n) is 1.91. The SMILES string of the molecule is Cc1c(C(C)C)ccnc1N. The summed E-state index contributed by atoms with van der Waals surface area (Å²) in [6, 6.07) is 2.02. The summed E-state index contributed by atoms with van der Waals surface area (Å²) in [5.41, 5.74) is 8.05. The fourth-order valence-corrected chi connectivity index (χ4v) is 1.19. The van der Waals surface area contributed by atoms with E-state index in [0.29, 0.717) is 11.7 Å². The van der Waals surface area contributed by atoms with Gasteiger partial charge in [-0.1, -0.05) is 13.8 Å². The molecule has 2 nitrogen and oxygen atoms in total. The van der Waals surface area contributed by atoms with Gasteiger partial charge in [-0.05, 0) is 30.0 Å². The Kier molecular flexibility index (Phi) is 2.13. The van der Waals surface area contributed by atoms with E-state index < -0.39 is 0 Å². The van der Waals surface area contributed by atoms with Crippen LogP contribution in [-0.2, 0) is 0 Å².